The van der Waals surface area contributed by atoms with Gasteiger partial charge >= 0.3 is 0 Å². The van der Waals surface area contributed by atoms with E-state index in [1.54, 1.807) is 0 Å². The Kier molecular flexibility index (Phi) is 4.69. The van der Waals surface area contributed by atoms with Gasteiger partial charge < -0.3 is 15.8 Å². The van der Waals surface area contributed by atoms with E-state index in [9.17, 15) is 0 Å². The van der Waals surface area contributed by atoms with E-state index in [4.69, 9.17) is 10.9 Å². The number of oxime groups is 1. The summed E-state index contributed by atoms with van der Waals surface area (Å²) < 4.78 is 0.931. The van der Waals surface area contributed by atoms with Crippen LogP contribution in [0.4, 0.5) is 5.69 Å². The molecule has 2 rings (SSSR count). The largest absolute Gasteiger partial charge is 0.409 e. The first kappa shape index (κ1) is 14.2. The van der Waals surface area contributed by atoms with E-state index in [1.165, 1.54) is 12.8 Å². The van der Waals surface area contributed by atoms with Gasteiger partial charge in [-0.15, -0.1) is 0 Å². The lowest BCUT2D eigenvalue weighted by Gasteiger charge is -2.26. The van der Waals surface area contributed by atoms with Gasteiger partial charge in [0.2, 0.25) is 0 Å². The normalized spacial score (nSPS) is 15.6. The molecule has 0 amide bonds. The summed E-state index contributed by atoms with van der Waals surface area (Å²) >= 11 is 3.43. The van der Waals surface area contributed by atoms with Gasteiger partial charge in [-0.05, 0) is 43.4 Å². The van der Waals surface area contributed by atoms with E-state index in [1.807, 2.05) is 18.2 Å². The molecule has 1 saturated carbocycles. The summed E-state index contributed by atoms with van der Waals surface area (Å²) in [4.78, 5) is 2.34. The molecule has 4 nitrogen and oxygen atoms in total. The number of benzene rings is 1. The van der Waals surface area contributed by atoms with Crippen LogP contribution >= 0.6 is 15.9 Å². The number of hydrogen-bond donors (Lipinski definition) is 2. The summed E-state index contributed by atoms with van der Waals surface area (Å²) in [5.74, 6) is 0.962. The van der Waals surface area contributed by atoms with Crippen LogP contribution < -0.4 is 10.6 Å². The van der Waals surface area contributed by atoms with E-state index in [2.05, 4.69) is 32.9 Å². The van der Waals surface area contributed by atoms with E-state index in [0.717, 1.165) is 41.2 Å². The second-order valence-corrected chi connectivity index (χ2v) is 5.95. The molecule has 1 aromatic carbocycles. The summed E-state index contributed by atoms with van der Waals surface area (Å²) in [6.45, 7) is 4.22. The number of hydrogen-bond acceptors (Lipinski definition) is 3. The maximum atomic E-state index is 8.94. The van der Waals surface area contributed by atoms with Crippen molar-refractivity contribution in [3.8, 4) is 0 Å². The molecule has 0 aromatic heterocycles. The summed E-state index contributed by atoms with van der Waals surface area (Å²) in [5, 5.41) is 12.1. The molecule has 0 bridgehead atoms. The SMILES string of the molecule is CCCN(CC1CC1)c1ccc(Br)cc1/C(N)=N/O. The predicted molar refractivity (Wildman–Crippen MR) is 81.9 cm³/mol. The van der Waals surface area contributed by atoms with E-state index in [-0.39, 0.29) is 5.84 Å². The van der Waals surface area contributed by atoms with Gasteiger partial charge in [0.05, 0.1) is 0 Å². The van der Waals surface area contributed by atoms with Crippen LogP contribution in [0.1, 0.15) is 31.7 Å². The van der Waals surface area contributed by atoms with Gasteiger partial charge in [-0.1, -0.05) is 28.0 Å². The van der Waals surface area contributed by atoms with Crippen molar-refractivity contribution >= 4 is 27.5 Å². The molecule has 0 unspecified atom stereocenters. The minimum Gasteiger partial charge on any atom is -0.409 e. The first-order valence-electron chi connectivity index (χ1n) is 6.68. The Morgan fingerprint density at radius 3 is 2.84 bits per heavy atom. The number of nitrogens with two attached hydrogens (primary N) is 1. The fourth-order valence-corrected chi connectivity index (χ4v) is 2.60. The average Bonchev–Trinajstić information content (AvgIpc) is 3.21. The second-order valence-electron chi connectivity index (χ2n) is 5.04. The molecule has 1 aliphatic carbocycles. The quantitative estimate of drug-likeness (QED) is 0.365. The third kappa shape index (κ3) is 3.62. The highest BCUT2D eigenvalue weighted by Crippen LogP contribution is 2.33. The standard InChI is InChI=1S/C14H20BrN3O/c1-2-7-18(9-10-3-4-10)13-6-5-11(15)8-12(13)14(16)17-19/h5-6,8,10,19H,2-4,7,9H2,1H3,(H2,16,17). The molecular weight excluding hydrogens is 306 g/mol. The van der Waals surface area contributed by atoms with Crippen LogP contribution in [0.3, 0.4) is 0 Å². The zero-order valence-corrected chi connectivity index (χ0v) is 12.7. The summed E-state index contributed by atoms with van der Waals surface area (Å²) in [7, 11) is 0. The Hall–Kier alpha value is -1.23. The van der Waals surface area contributed by atoms with Gasteiger partial charge in [0.1, 0.15) is 0 Å². The van der Waals surface area contributed by atoms with Crippen LogP contribution in [0, 0.1) is 5.92 Å². The van der Waals surface area contributed by atoms with Crippen LogP contribution in [0.15, 0.2) is 27.8 Å². The van der Waals surface area contributed by atoms with Crippen LogP contribution in [0.25, 0.3) is 0 Å². The van der Waals surface area contributed by atoms with Gasteiger partial charge in [-0.2, -0.15) is 0 Å². The molecule has 19 heavy (non-hydrogen) atoms. The summed E-state index contributed by atoms with van der Waals surface area (Å²) in [6.07, 6.45) is 3.71. The molecular formula is C14H20BrN3O. The molecule has 5 heteroatoms. The molecule has 1 aliphatic rings. The van der Waals surface area contributed by atoms with Crippen molar-refractivity contribution in [1.29, 1.82) is 0 Å². The molecule has 1 fully saturated rings. The lowest BCUT2D eigenvalue weighted by atomic mass is 10.1. The zero-order valence-electron chi connectivity index (χ0n) is 11.1. The lowest BCUT2D eigenvalue weighted by molar-refractivity contribution is 0.318. The molecule has 0 atom stereocenters. The fourth-order valence-electron chi connectivity index (χ4n) is 2.24. The smallest absolute Gasteiger partial charge is 0.172 e. The molecule has 0 radical (unpaired) electrons. The number of nitrogens with zero attached hydrogens (tertiary/aromatic N) is 2. The zero-order chi connectivity index (χ0) is 13.8. The number of amidine groups is 1. The lowest BCUT2D eigenvalue weighted by Crippen LogP contribution is -2.29. The molecule has 0 saturated heterocycles. The Labute approximate surface area is 122 Å². The third-order valence-electron chi connectivity index (χ3n) is 3.35. The first-order chi connectivity index (χ1) is 9.15. The van der Waals surface area contributed by atoms with Gasteiger partial charge in [0.25, 0.3) is 0 Å². The van der Waals surface area contributed by atoms with Crippen LogP contribution in [0.5, 0.6) is 0 Å². The highest BCUT2D eigenvalue weighted by atomic mass is 79.9. The maximum absolute atomic E-state index is 8.94. The van der Waals surface area contributed by atoms with Crippen molar-refractivity contribution in [1.82, 2.24) is 0 Å². The Bertz CT molecular complexity index is 472. The number of rotatable bonds is 6. The Morgan fingerprint density at radius 1 is 1.53 bits per heavy atom. The third-order valence-corrected chi connectivity index (χ3v) is 3.85. The maximum Gasteiger partial charge on any atom is 0.172 e. The molecule has 1 aromatic rings. The monoisotopic (exact) mass is 325 g/mol. The Morgan fingerprint density at radius 2 is 2.26 bits per heavy atom. The fraction of sp³-hybridized carbons (Fsp3) is 0.500. The van der Waals surface area contributed by atoms with Crippen molar-refractivity contribution in [2.75, 3.05) is 18.0 Å². The average molecular weight is 326 g/mol. The van der Waals surface area contributed by atoms with Crippen LogP contribution in [-0.2, 0) is 0 Å². The molecule has 3 N–H and O–H groups in total. The summed E-state index contributed by atoms with van der Waals surface area (Å²) in [5.41, 5.74) is 7.63. The van der Waals surface area contributed by atoms with Gasteiger partial charge in [-0.25, -0.2) is 0 Å². The van der Waals surface area contributed by atoms with Crippen molar-refractivity contribution in [2.45, 2.75) is 26.2 Å². The van der Waals surface area contributed by atoms with Crippen molar-refractivity contribution in [3.05, 3.63) is 28.2 Å². The first-order valence-corrected chi connectivity index (χ1v) is 7.47. The van der Waals surface area contributed by atoms with Crippen LogP contribution in [-0.4, -0.2) is 24.1 Å². The highest BCUT2D eigenvalue weighted by molar-refractivity contribution is 9.10. The topological polar surface area (TPSA) is 61.8 Å². The number of halogens is 1. The van der Waals surface area contributed by atoms with E-state index in [0.29, 0.717) is 0 Å². The van der Waals surface area contributed by atoms with Crippen molar-refractivity contribution < 1.29 is 5.21 Å². The van der Waals surface area contributed by atoms with Gasteiger partial charge in [0.15, 0.2) is 5.84 Å². The van der Waals surface area contributed by atoms with E-state index < -0.39 is 0 Å². The molecule has 0 spiro atoms. The Balaban J connectivity index is 2.33. The van der Waals surface area contributed by atoms with Crippen molar-refractivity contribution in [3.63, 3.8) is 0 Å². The van der Waals surface area contributed by atoms with E-state index >= 15 is 0 Å². The van der Waals surface area contributed by atoms with Crippen LogP contribution in [0.2, 0.25) is 0 Å². The highest BCUT2D eigenvalue weighted by Gasteiger charge is 2.25. The summed E-state index contributed by atoms with van der Waals surface area (Å²) in [6, 6.07) is 5.94. The molecule has 0 aliphatic heterocycles. The van der Waals surface area contributed by atoms with Gasteiger partial charge in [-0.3, -0.25) is 0 Å². The predicted octanol–water partition coefficient (Wildman–Crippen LogP) is 3.17. The molecule has 104 valence electrons. The second kappa shape index (κ2) is 6.28. The van der Waals surface area contributed by atoms with Gasteiger partial charge in [0, 0.05) is 28.8 Å². The minimum atomic E-state index is 0.160. The minimum absolute atomic E-state index is 0.160. The van der Waals surface area contributed by atoms with Crippen molar-refractivity contribution in [2.24, 2.45) is 16.8 Å². The number of anilines is 1. The molecule has 0 heterocycles.